The van der Waals surface area contributed by atoms with Crippen LogP contribution in [0.4, 0.5) is 0 Å². The van der Waals surface area contributed by atoms with E-state index in [1.807, 2.05) is 0 Å². The van der Waals surface area contributed by atoms with Crippen molar-refractivity contribution in [2.24, 2.45) is 5.92 Å². The fourth-order valence-electron chi connectivity index (χ4n) is 1.91. The van der Waals surface area contributed by atoms with Gasteiger partial charge in [-0.3, -0.25) is 5.10 Å². The minimum Gasteiger partial charge on any atom is -0.266 e. The Kier molecular flexibility index (Phi) is 3.51. The first-order valence-electron chi connectivity index (χ1n) is 5.23. The van der Waals surface area contributed by atoms with Crippen LogP contribution in [0.25, 0.3) is 0 Å². The van der Waals surface area contributed by atoms with Gasteiger partial charge in [-0.2, -0.15) is 5.10 Å². The summed E-state index contributed by atoms with van der Waals surface area (Å²) in [4.78, 5) is 0. The van der Waals surface area contributed by atoms with Crippen molar-refractivity contribution in [2.75, 3.05) is 6.54 Å². The number of alkyl halides is 1. The number of sulfonamides is 1. The molecule has 7 heteroatoms. The zero-order valence-corrected chi connectivity index (χ0v) is 10.3. The monoisotopic (exact) mass is 263 g/mol. The van der Waals surface area contributed by atoms with E-state index >= 15 is 0 Å². The molecule has 1 aliphatic rings. The van der Waals surface area contributed by atoms with Gasteiger partial charge in [-0.05, 0) is 24.8 Å². The molecule has 2 N–H and O–H groups in total. The van der Waals surface area contributed by atoms with Gasteiger partial charge in [-0.1, -0.05) is 6.42 Å². The number of nitrogens with zero attached hydrogens (tertiary/aromatic N) is 1. The summed E-state index contributed by atoms with van der Waals surface area (Å²) in [5.74, 6) is 0.236. The topological polar surface area (TPSA) is 74.8 Å². The summed E-state index contributed by atoms with van der Waals surface area (Å²) in [5, 5.41) is 6.23. The van der Waals surface area contributed by atoms with Crippen molar-refractivity contribution in [1.29, 1.82) is 0 Å². The lowest BCUT2D eigenvalue weighted by Gasteiger charge is -2.13. The predicted molar refractivity (Wildman–Crippen MR) is 60.8 cm³/mol. The molecule has 1 fully saturated rings. The van der Waals surface area contributed by atoms with Crippen LogP contribution in [0.15, 0.2) is 17.3 Å². The normalized spacial score (nSPS) is 26.1. The van der Waals surface area contributed by atoms with Crippen molar-refractivity contribution >= 4 is 21.6 Å². The van der Waals surface area contributed by atoms with Gasteiger partial charge < -0.3 is 0 Å². The molecular weight excluding hydrogens is 250 g/mol. The second-order valence-electron chi connectivity index (χ2n) is 3.98. The Morgan fingerprint density at radius 1 is 1.56 bits per heavy atom. The first-order valence-corrected chi connectivity index (χ1v) is 7.14. The molecule has 16 heavy (non-hydrogen) atoms. The van der Waals surface area contributed by atoms with Gasteiger partial charge in [0, 0.05) is 11.9 Å². The van der Waals surface area contributed by atoms with E-state index in [9.17, 15) is 8.42 Å². The minimum absolute atomic E-state index is 0.0875. The fraction of sp³-hybridized carbons (Fsp3) is 0.667. The van der Waals surface area contributed by atoms with Crippen LogP contribution < -0.4 is 4.72 Å². The van der Waals surface area contributed by atoms with Crippen molar-refractivity contribution < 1.29 is 8.42 Å². The van der Waals surface area contributed by atoms with Gasteiger partial charge in [0.15, 0.2) is 5.03 Å². The highest BCUT2D eigenvalue weighted by atomic mass is 35.5. The molecule has 0 saturated heterocycles. The predicted octanol–water partition coefficient (Wildman–Crippen LogP) is 1.10. The van der Waals surface area contributed by atoms with Gasteiger partial charge in [0.25, 0.3) is 10.0 Å². The number of rotatable bonds is 4. The summed E-state index contributed by atoms with van der Waals surface area (Å²) in [7, 11) is -3.45. The van der Waals surface area contributed by atoms with Gasteiger partial charge in [0.1, 0.15) is 0 Å². The molecule has 0 amide bonds. The summed E-state index contributed by atoms with van der Waals surface area (Å²) in [6.07, 6.45) is 4.44. The first-order chi connectivity index (χ1) is 7.59. The molecule has 1 aliphatic carbocycles. The number of hydrogen-bond acceptors (Lipinski definition) is 3. The van der Waals surface area contributed by atoms with Crippen LogP contribution in [-0.4, -0.2) is 30.5 Å². The molecule has 1 saturated carbocycles. The SMILES string of the molecule is O=S(=O)(NCC1CCCC1Cl)c1ccn[nH]1. The van der Waals surface area contributed by atoms with Crippen LogP contribution in [0.1, 0.15) is 19.3 Å². The van der Waals surface area contributed by atoms with Crippen molar-refractivity contribution in [1.82, 2.24) is 14.9 Å². The van der Waals surface area contributed by atoms with Crippen LogP contribution in [-0.2, 0) is 10.0 Å². The van der Waals surface area contributed by atoms with Gasteiger partial charge >= 0.3 is 0 Å². The standard InChI is InChI=1S/C9H14ClN3O2S/c10-8-3-1-2-7(8)6-12-16(14,15)9-4-5-11-13-9/h4-5,7-8,12H,1-3,6H2,(H,11,13). The van der Waals surface area contributed by atoms with Gasteiger partial charge in [-0.25, -0.2) is 13.1 Å². The molecule has 90 valence electrons. The molecule has 2 rings (SSSR count). The molecule has 0 radical (unpaired) electrons. The van der Waals surface area contributed by atoms with E-state index in [-0.39, 0.29) is 16.3 Å². The summed E-state index contributed by atoms with van der Waals surface area (Å²) < 4.78 is 26.0. The van der Waals surface area contributed by atoms with Crippen LogP contribution in [0, 0.1) is 5.92 Å². The van der Waals surface area contributed by atoms with Gasteiger partial charge in [0.05, 0.1) is 6.20 Å². The molecule has 5 nitrogen and oxygen atoms in total. The molecule has 2 unspecified atom stereocenters. The Hall–Kier alpha value is -0.590. The van der Waals surface area contributed by atoms with Crippen molar-refractivity contribution in [2.45, 2.75) is 29.7 Å². The third-order valence-corrected chi connectivity index (χ3v) is 4.79. The lowest BCUT2D eigenvalue weighted by atomic mass is 10.1. The Morgan fingerprint density at radius 2 is 2.38 bits per heavy atom. The average molecular weight is 264 g/mol. The number of nitrogens with one attached hydrogen (secondary N) is 2. The maximum atomic E-state index is 11.7. The zero-order valence-electron chi connectivity index (χ0n) is 8.69. The number of aromatic amines is 1. The molecule has 1 aromatic heterocycles. The van der Waals surface area contributed by atoms with Crippen LogP contribution in [0.5, 0.6) is 0 Å². The zero-order chi connectivity index (χ0) is 11.6. The Bertz CT molecular complexity index is 432. The van der Waals surface area contributed by atoms with Gasteiger partial charge in [-0.15, -0.1) is 11.6 Å². The molecule has 2 atom stereocenters. The summed E-state index contributed by atoms with van der Waals surface area (Å²) in [6, 6.07) is 1.43. The van der Waals surface area contributed by atoms with E-state index in [0.29, 0.717) is 6.54 Å². The third-order valence-electron chi connectivity index (χ3n) is 2.87. The third kappa shape index (κ3) is 2.56. The molecular formula is C9H14ClN3O2S. The maximum absolute atomic E-state index is 11.7. The van der Waals surface area contributed by atoms with Crippen LogP contribution in [0.3, 0.4) is 0 Å². The summed E-state index contributed by atoms with van der Waals surface area (Å²) in [6.45, 7) is 0.398. The highest BCUT2D eigenvalue weighted by Crippen LogP contribution is 2.29. The Labute approximate surface area is 99.6 Å². The second kappa shape index (κ2) is 4.73. The highest BCUT2D eigenvalue weighted by molar-refractivity contribution is 7.89. The lowest BCUT2D eigenvalue weighted by molar-refractivity contribution is 0.522. The molecule has 1 aromatic rings. The first kappa shape index (κ1) is 11.9. The minimum atomic E-state index is -3.45. The number of H-pyrrole nitrogens is 1. The molecule has 0 aliphatic heterocycles. The molecule has 1 heterocycles. The van der Waals surface area contributed by atoms with Crippen LogP contribution >= 0.6 is 11.6 Å². The molecule has 0 aromatic carbocycles. The van der Waals surface area contributed by atoms with Gasteiger partial charge in [0.2, 0.25) is 0 Å². The average Bonchev–Trinajstić information content (AvgIpc) is 2.85. The Balaban J connectivity index is 1.95. The molecule has 0 bridgehead atoms. The summed E-state index contributed by atoms with van der Waals surface area (Å²) >= 11 is 6.08. The second-order valence-corrected chi connectivity index (χ2v) is 6.28. The number of hydrogen-bond donors (Lipinski definition) is 2. The highest BCUT2D eigenvalue weighted by Gasteiger charge is 2.27. The summed E-state index contributed by atoms with van der Waals surface area (Å²) in [5.41, 5.74) is 0. The largest absolute Gasteiger partial charge is 0.266 e. The van der Waals surface area contributed by atoms with Crippen molar-refractivity contribution in [3.05, 3.63) is 12.3 Å². The van der Waals surface area contributed by atoms with E-state index in [2.05, 4.69) is 14.9 Å². The van der Waals surface area contributed by atoms with Crippen molar-refractivity contribution in [3.8, 4) is 0 Å². The maximum Gasteiger partial charge on any atom is 0.257 e. The number of aromatic nitrogens is 2. The van der Waals surface area contributed by atoms with Crippen molar-refractivity contribution in [3.63, 3.8) is 0 Å². The van der Waals surface area contributed by atoms with E-state index in [4.69, 9.17) is 11.6 Å². The smallest absolute Gasteiger partial charge is 0.257 e. The fourth-order valence-corrected chi connectivity index (χ4v) is 3.28. The number of halogens is 1. The Morgan fingerprint density at radius 3 is 2.94 bits per heavy atom. The van der Waals surface area contributed by atoms with E-state index in [1.54, 1.807) is 0 Å². The quantitative estimate of drug-likeness (QED) is 0.799. The lowest BCUT2D eigenvalue weighted by Crippen LogP contribution is -2.31. The van der Waals surface area contributed by atoms with E-state index < -0.39 is 10.0 Å². The van der Waals surface area contributed by atoms with E-state index in [1.165, 1.54) is 12.3 Å². The molecule has 0 spiro atoms. The van der Waals surface area contributed by atoms with E-state index in [0.717, 1.165) is 19.3 Å². The van der Waals surface area contributed by atoms with Crippen LogP contribution in [0.2, 0.25) is 0 Å².